The maximum Gasteiger partial charge on any atom is 0.334 e. The van der Waals surface area contributed by atoms with Gasteiger partial charge in [-0.05, 0) is 12.3 Å². The molecule has 88 valence electrons. The van der Waals surface area contributed by atoms with Gasteiger partial charge in [0, 0.05) is 5.69 Å². The second-order valence-electron chi connectivity index (χ2n) is 4.48. The Morgan fingerprint density at radius 1 is 1.47 bits per heavy atom. The maximum absolute atomic E-state index is 11.7. The summed E-state index contributed by atoms with van der Waals surface area (Å²) in [6.45, 7) is 4.25. The van der Waals surface area contributed by atoms with Crippen LogP contribution in [0.4, 0.5) is 0 Å². The molecular weight excluding hydrogens is 220 g/mol. The number of fused-ring (bicyclic) bond motifs is 3. The average molecular weight is 232 g/mol. The van der Waals surface area contributed by atoms with E-state index in [1.165, 1.54) is 10.7 Å². The summed E-state index contributed by atoms with van der Waals surface area (Å²) >= 11 is 0. The van der Waals surface area contributed by atoms with E-state index in [0.29, 0.717) is 17.2 Å². The van der Waals surface area contributed by atoms with Crippen LogP contribution in [-0.2, 0) is 6.42 Å². The molecular formula is C10H12N6O. The summed E-state index contributed by atoms with van der Waals surface area (Å²) in [5.41, 5.74) is 1.78. The van der Waals surface area contributed by atoms with Crippen molar-refractivity contribution in [2.45, 2.75) is 20.3 Å². The molecule has 3 aromatic rings. The van der Waals surface area contributed by atoms with Crippen LogP contribution in [0, 0.1) is 5.92 Å². The lowest BCUT2D eigenvalue weighted by atomic mass is 10.1. The quantitative estimate of drug-likeness (QED) is 0.672. The third-order valence-corrected chi connectivity index (χ3v) is 2.67. The predicted octanol–water partition coefficient (Wildman–Crippen LogP) is 0.492. The molecule has 3 heterocycles. The summed E-state index contributed by atoms with van der Waals surface area (Å²) in [6, 6.07) is 0. The first-order valence-corrected chi connectivity index (χ1v) is 5.46. The van der Waals surface area contributed by atoms with Gasteiger partial charge < -0.3 is 0 Å². The minimum atomic E-state index is -0.278. The first kappa shape index (κ1) is 10.0. The Hall–Kier alpha value is -2.18. The van der Waals surface area contributed by atoms with Gasteiger partial charge in [0.25, 0.3) is 0 Å². The molecule has 0 radical (unpaired) electrons. The topological polar surface area (TPSA) is 91.7 Å². The lowest BCUT2D eigenvalue weighted by Gasteiger charge is -2.01. The minimum absolute atomic E-state index is 0.278. The normalized spacial score (nSPS) is 11.9. The molecule has 17 heavy (non-hydrogen) atoms. The Morgan fingerprint density at radius 3 is 3.06 bits per heavy atom. The molecule has 0 saturated carbocycles. The largest absolute Gasteiger partial charge is 0.334 e. The van der Waals surface area contributed by atoms with Crippen LogP contribution < -0.4 is 5.69 Å². The number of hydrogen-bond donors (Lipinski definition) is 2. The van der Waals surface area contributed by atoms with Gasteiger partial charge in [0.2, 0.25) is 0 Å². The Morgan fingerprint density at radius 2 is 2.29 bits per heavy atom. The monoisotopic (exact) mass is 232 g/mol. The van der Waals surface area contributed by atoms with Gasteiger partial charge in [0.15, 0.2) is 11.3 Å². The molecule has 0 bridgehead atoms. The Labute approximate surface area is 95.9 Å². The first-order chi connectivity index (χ1) is 8.16. The SMILES string of the molecule is CC(C)Cc1[nH]nc2[nH]c(=O)n3cnnc3c12. The summed E-state index contributed by atoms with van der Waals surface area (Å²) in [4.78, 5) is 14.4. The van der Waals surface area contributed by atoms with Crippen molar-refractivity contribution in [2.75, 3.05) is 0 Å². The molecule has 0 amide bonds. The number of H-pyrrole nitrogens is 2. The molecule has 0 spiro atoms. The molecule has 0 saturated heterocycles. The fourth-order valence-electron chi connectivity index (χ4n) is 1.98. The summed E-state index contributed by atoms with van der Waals surface area (Å²) in [5.74, 6) is 0.494. The Kier molecular flexibility index (Phi) is 2.01. The zero-order chi connectivity index (χ0) is 12.0. The van der Waals surface area contributed by atoms with Crippen molar-refractivity contribution in [2.24, 2.45) is 5.92 Å². The third-order valence-electron chi connectivity index (χ3n) is 2.67. The molecule has 0 aliphatic rings. The fourth-order valence-corrected chi connectivity index (χ4v) is 1.98. The lowest BCUT2D eigenvalue weighted by Crippen LogP contribution is -2.15. The zero-order valence-electron chi connectivity index (χ0n) is 9.56. The number of aromatic amines is 2. The molecule has 7 nitrogen and oxygen atoms in total. The lowest BCUT2D eigenvalue weighted by molar-refractivity contribution is 0.636. The molecule has 0 atom stereocenters. The summed E-state index contributed by atoms with van der Waals surface area (Å²) in [6.07, 6.45) is 2.25. The highest BCUT2D eigenvalue weighted by atomic mass is 16.1. The first-order valence-electron chi connectivity index (χ1n) is 5.46. The van der Waals surface area contributed by atoms with Crippen molar-refractivity contribution in [1.29, 1.82) is 0 Å². The summed E-state index contributed by atoms with van der Waals surface area (Å²) < 4.78 is 1.39. The summed E-state index contributed by atoms with van der Waals surface area (Å²) in [7, 11) is 0. The molecule has 3 aromatic heterocycles. The number of hydrogen-bond acceptors (Lipinski definition) is 4. The van der Waals surface area contributed by atoms with E-state index in [1.807, 2.05) is 0 Å². The molecule has 0 fully saturated rings. The van der Waals surface area contributed by atoms with E-state index in [4.69, 9.17) is 0 Å². The van der Waals surface area contributed by atoms with Gasteiger partial charge in [-0.15, -0.1) is 10.2 Å². The van der Waals surface area contributed by atoms with Gasteiger partial charge in [0.05, 0.1) is 5.39 Å². The van der Waals surface area contributed by atoms with Gasteiger partial charge in [0.1, 0.15) is 6.33 Å². The van der Waals surface area contributed by atoms with Gasteiger partial charge in [-0.3, -0.25) is 10.1 Å². The number of nitrogens with one attached hydrogen (secondary N) is 2. The van der Waals surface area contributed by atoms with Crippen molar-refractivity contribution in [3.63, 3.8) is 0 Å². The standard InChI is InChI=1S/C10H12N6O/c1-5(2)3-6-7-8(14-13-6)12-10(17)16-4-11-15-9(7)16/h4-5H,3H2,1-2H3,(H2,12,13,14,17). The average Bonchev–Trinajstić information content (AvgIpc) is 2.84. The van der Waals surface area contributed by atoms with E-state index >= 15 is 0 Å². The van der Waals surface area contributed by atoms with Gasteiger partial charge in [-0.2, -0.15) is 5.10 Å². The smallest absolute Gasteiger partial charge is 0.289 e. The highest BCUT2D eigenvalue weighted by Gasteiger charge is 2.14. The molecule has 2 N–H and O–H groups in total. The highest BCUT2D eigenvalue weighted by molar-refractivity contribution is 5.90. The number of rotatable bonds is 2. The maximum atomic E-state index is 11.7. The van der Waals surface area contributed by atoms with Crippen molar-refractivity contribution in [3.8, 4) is 0 Å². The minimum Gasteiger partial charge on any atom is -0.289 e. The van der Waals surface area contributed by atoms with Gasteiger partial charge in [-0.25, -0.2) is 9.20 Å². The second-order valence-corrected chi connectivity index (χ2v) is 4.48. The number of nitrogens with zero attached hydrogens (tertiary/aromatic N) is 4. The summed E-state index contributed by atoms with van der Waals surface area (Å²) in [5, 5.41) is 15.6. The van der Waals surface area contributed by atoms with Crippen molar-refractivity contribution in [3.05, 3.63) is 22.5 Å². The highest BCUT2D eigenvalue weighted by Crippen LogP contribution is 2.19. The van der Waals surface area contributed by atoms with Crippen LogP contribution in [0.3, 0.4) is 0 Å². The zero-order valence-corrected chi connectivity index (χ0v) is 9.56. The molecule has 0 aliphatic carbocycles. The molecule has 3 rings (SSSR count). The van der Waals surface area contributed by atoms with Crippen LogP contribution in [-0.4, -0.2) is 29.8 Å². The third kappa shape index (κ3) is 1.42. The molecule has 7 heteroatoms. The molecule has 0 aliphatic heterocycles. The van der Waals surface area contributed by atoms with Crippen LogP contribution in [0.5, 0.6) is 0 Å². The van der Waals surface area contributed by atoms with Crippen molar-refractivity contribution < 1.29 is 0 Å². The van der Waals surface area contributed by atoms with Gasteiger partial charge in [-0.1, -0.05) is 13.8 Å². The van der Waals surface area contributed by atoms with Gasteiger partial charge >= 0.3 is 5.69 Å². The van der Waals surface area contributed by atoms with Crippen LogP contribution in [0.1, 0.15) is 19.5 Å². The van der Waals surface area contributed by atoms with Crippen molar-refractivity contribution in [1.82, 2.24) is 29.8 Å². The van der Waals surface area contributed by atoms with Crippen LogP contribution in [0.25, 0.3) is 16.7 Å². The molecule has 0 aromatic carbocycles. The van der Waals surface area contributed by atoms with E-state index in [9.17, 15) is 4.79 Å². The number of aromatic nitrogens is 6. The van der Waals surface area contributed by atoms with E-state index in [2.05, 4.69) is 39.2 Å². The van der Waals surface area contributed by atoms with E-state index in [0.717, 1.165) is 17.5 Å². The van der Waals surface area contributed by atoms with Crippen LogP contribution >= 0.6 is 0 Å². The van der Waals surface area contributed by atoms with Crippen LogP contribution in [0.2, 0.25) is 0 Å². The fraction of sp³-hybridized carbons (Fsp3) is 0.400. The van der Waals surface area contributed by atoms with Crippen LogP contribution in [0.15, 0.2) is 11.1 Å². The predicted molar refractivity (Wildman–Crippen MR) is 61.8 cm³/mol. The van der Waals surface area contributed by atoms with E-state index in [-0.39, 0.29) is 5.69 Å². The van der Waals surface area contributed by atoms with E-state index in [1.54, 1.807) is 0 Å². The molecule has 0 unspecified atom stereocenters. The van der Waals surface area contributed by atoms with Crippen molar-refractivity contribution >= 4 is 16.7 Å². The Bertz CT molecular complexity index is 734. The second kappa shape index (κ2) is 3.41. The Balaban J connectivity index is 2.40. The van der Waals surface area contributed by atoms with E-state index < -0.39 is 0 Å².